The van der Waals surface area contributed by atoms with Gasteiger partial charge in [-0.25, -0.2) is 0 Å². The minimum Gasteiger partial charge on any atom is -0.372 e. The van der Waals surface area contributed by atoms with Crippen LogP contribution in [-0.4, -0.2) is 95.6 Å². The molecule has 6 aliphatic carbocycles. The second-order valence-corrected chi connectivity index (χ2v) is 42.6. The predicted molar refractivity (Wildman–Crippen MR) is 633 cm³/mol. The molecule has 9 aliphatic rings. The SMILES string of the molecule is C1CCCC1.C1CCCC1.C1CCCC1.C=C(Br)CC1(C)C(/C=C/c2ccc(N(CC)CC)cc2)=[N+](CCCCC2CCCC2)c2ccc3ccccc3c21.C=CC(CCl)C1(C)C(/C=C/c2ccc(N(CC)CC)cc2)=[N+](CC2CCCC2)c2ccc3ccccc3c21.CCN(CC)c1ccc(/C=C/C2=[N+](CCCCC3CCCC3)c3ccc4ccccc4c3C2(C)CC=C(C)C)cc1.[CH3-].[CH3-].[CH3-].[CH3-].[CH3-].[CH3-].[Fe+2].[Fe+2].[Fe+2]. The van der Waals surface area contributed by atoms with Gasteiger partial charge in [0, 0.05) is 140 Å². The van der Waals surface area contributed by atoms with Crippen molar-refractivity contribution < 1.29 is 64.9 Å². The van der Waals surface area contributed by atoms with E-state index >= 15 is 0 Å². The van der Waals surface area contributed by atoms with Crippen LogP contribution in [0.5, 0.6) is 0 Å². The predicted octanol–water partition coefficient (Wildman–Crippen LogP) is 38.4. The molecule has 0 radical (unpaired) electrons. The van der Waals surface area contributed by atoms with E-state index in [4.69, 9.17) is 11.6 Å². The number of alkyl halides is 1. The number of allylic oxidation sites excluding steroid dienone is 7. The number of fused-ring (bicyclic) bond motifs is 9. The van der Waals surface area contributed by atoms with Crippen molar-refractivity contribution in [3.8, 4) is 0 Å². The number of hydrogen-bond donors (Lipinski definition) is 0. The van der Waals surface area contributed by atoms with Crippen molar-refractivity contribution in [2.75, 3.05) is 79.5 Å². The van der Waals surface area contributed by atoms with Crippen LogP contribution in [0, 0.1) is 68.2 Å². The molecular formula is C132H187BrClFe3N6+3. The fourth-order valence-electron chi connectivity index (χ4n) is 24.1. The first kappa shape index (κ1) is 128. The number of rotatable bonds is 34. The van der Waals surface area contributed by atoms with E-state index in [0.29, 0.717) is 5.88 Å². The van der Waals surface area contributed by atoms with Crippen molar-refractivity contribution in [1.82, 2.24) is 0 Å². The van der Waals surface area contributed by atoms with Crippen LogP contribution in [-0.2, 0) is 67.5 Å². The summed E-state index contributed by atoms with van der Waals surface area (Å²) in [5.41, 5.74) is 21.1. The molecule has 11 heteroatoms. The van der Waals surface area contributed by atoms with Crippen molar-refractivity contribution in [3.63, 3.8) is 0 Å². The average Bonchev–Trinajstić information content (AvgIpc) is 1.53. The molecule has 6 nitrogen and oxygen atoms in total. The summed E-state index contributed by atoms with van der Waals surface area (Å²) in [6.07, 6.45) is 67.9. The first-order chi connectivity index (χ1) is 65.4. The third-order valence-electron chi connectivity index (χ3n) is 31.9. The number of anilines is 3. The molecule has 0 bridgehead atoms. The number of nitrogens with zero attached hydrogens (tertiary/aromatic N) is 6. The van der Waals surface area contributed by atoms with Gasteiger partial charge < -0.3 is 59.3 Å². The van der Waals surface area contributed by atoms with Gasteiger partial charge in [0.2, 0.25) is 17.1 Å². The Hall–Kier alpha value is -7.06. The molecule has 6 saturated carbocycles. The summed E-state index contributed by atoms with van der Waals surface area (Å²) in [5.74, 6) is 3.31. The summed E-state index contributed by atoms with van der Waals surface area (Å²) >= 11 is 10.5. The quantitative estimate of drug-likeness (QED) is 0.0100. The fourth-order valence-corrected chi connectivity index (χ4v) is 25.1. The van der Waals surface area contributed by atoms with E-state index in [1.165, 1.54) is 334 Å². The van der Waals surface area contributed by atoms with Gasteiger partial charge in [-0.1, -0.05) is 323 Å². The maximum Gasteiger partial charge on any atom is 2.00 e. The second-order valence-electron chi connectivity index (χ2n) is 41.2. The Morgan fingerprint density at radius 3 is 0.993 bits per heavy atom. The van der Waals surface area contributed by atoms with E-state index < -0.39 is 0 Å². The van der Waals surface area contributed by atoms with E-state index in [1.54, 1.807) is 0 Å². The van der Waals surface area contributed by atoms with Gasteiger partial charge in [0.05, 0.1) is 16.2 Å². The van der Waals surface area contributed by atoms with Crippen LogP contribution in [0.25, 0.3) is 50.5 Å². The Morgan fingerprint density at radius 1 is 0.378 bits per heavy atom. The van der Waals surface area contributed by atoms with Gasteiger partial charge in [0.25, 0.3) is 0 Å². The normalized spacial score (nSPS) is 18.7. The van der Waals surface area contributed by atoms with Crippen molar-refractivity contribution in [2.24, 2.45) is 23.7 Å². The van der Waals surface area contributed by atoms with Gasteiger partial charge in [-0.15, -0.1) is 18.2 Å². The van der Waals surface area contributed by atoms with Crippen LogP contribution >= 0.6 is 27.5 Å². The average molecular weight is 2140 g/mol. The molecule has 0 saturated heterocycles. The molecule has 18 rings (SSSR count). The molecular weight excluding hydrogens is 1950 g/mol. The monoisotopic (exact) mass is 2140 g/mol. The molecule has 6 fully saturated rings. The van der Waals surface area contributed by atoms with Gasteiger partial charge in [0.15, 0.2) is 23.7 Å². The third-order valence-corrected chi connectivity index (χ3v) is 32.5. The standard InChI is InChI=1S/C39H51N2.C37H46BrN2.C35H42ClN2.3C5H10.6CH3.3Fe/c1-6-40(7-2)34-23-19-32(20-24-34)21-26-37-39(5,28-27-30(3)4)38-35-18-11-10-17-33(35)22-25-36(38)41(37)29-13-12-16-31-14-8-9-15-31;1-5-39(6-2)32-22-18-30(19-23-32)20-25-35-37(4,27-28(3)38)36-33-17-10-9-16-31(33)21-24-34(36)40(35)26-12-11-15-29-13-7-8-14-29;1-5-29(24-36)35(4)33(23-18-26-16-20-30(21-17-26)37(6-2)7-3)38(25-27-12-8-9-13-27)32-22-19-28-14-10-11-15-31(28)34(32)35;3*1-2-4-5-3-1;;;;;;;;;/h10-11,17-27,31H,6-9,12-16,28-29H2,1-5H3;9-10,16-25,29H,3,5-8,11-15,26-27H2,1-2,4H3;5,10-11,14-23,27,29H,1,6-9,12-13,24-25H2,2-4H3;3*1-5H2;6*1H3;;;/q3*+1;;;;6*-1;3*+2. The summed E-state index contributed by atoms with van der Waals surface area (Å²) in [4.78, 5) is 7.19. The van der Waals surface area contributed by atoms with Crippen LogP contribution in [0.15, 0.2) is 236 Å². The van der Waals surface area contributed by atoms with E-state index in [2.05, 4.69) is 364 Å². The molecule has 0 spiro atoms. The number of hydrogen-bond acceptors (Lipinski definition) is 3. The number of unbranched alkanes of at least 4 members (excludes halogenated alkanes) is 2. The van der Waals surface area contributed by atoms with Crippen LogP contribution in [0.2, 0.25) is 0 Å². The van der Waals surface area contributed by atoms with Gasteiger partial charge >= 0.3 is 51.2 Å². The van der Waals surface area contributed by atoms with E-state index in [0.717, 1.165) is 94.0 Å². The van der Waals surface area contributed by atoms with Crippen LogP contribution in [0.4, 0.5) is 34.1 Å². The number of halogens is 2. The Kier molecular flexibility index (Phi) is 58.3. The zero-order valence-corrected chi connectivity index (χ0v) is 97.6. The van der Waals surface area contributed by atoms with E-state index in [9.17, 15) is 0 Å². The van der Waals surface area contributed by atoms with Gasteiger partial charge in [-0.05, 0) is 253 Å². The van der Waals surface area contributed by atoms with Gasteiger partial charge in [-0.2, -0.15) is 13.7 Å². The van der Waals surface area contributed by atoms with Crippen molar-refractivity contribution in [1.29, 1.82) is 0 Å². The van der Waals surface area contributed by atoms with E-state index in [-0.39, 0.29) is 118 Å². The first-order valence-corrected chi connectivity index (χ1v) is 55.0. The molecule has 9 aromatic carbocycles. The fraction of sp³-hybridized carbons (Fsp3) is 0.477. The van der Waals surface area contributed by atoms with Crippen LogP contribution in [0.1, 0.15) is 334 Å². The molecule has 9 aromatic rings. The molecule has 3 aliphatic heterocycles. The smallest absolute Gasteiger partial charge is 0.372 e. The molecule has 0 aromatic heterocycles. The Labute approximate surface area is 920 Å². The van der Waals surface area contributed by atoms with Crippen molar-refractivity contribution >= 4 is 129 Å². The minimum atomic E-state index is -0.268. The first-order valence-electron chi connectivity index (χ1n) is 53.7. The molecule has 780 valence electrons. The molecule has 4 atom stereocenters. The Bertz CT molecular complexity index is 5430. The summed E-state index contributed by atoms with van der Waals surface area (Å²) in [6, 6.07) is 67.9. The zero-order chi connectivity index (χ0) is 94.2. The Balaban J connectivity index is 0.000000402. The largest absolute Gasteiger partial charge is 2.00 e. The molecule has 0 N–H and O–H groups in total. The minimum absolute atomic E-state index is 0. The van der Waals surface area contributed by atoms with Gasteiger partial charge in [0.1, 0.15) is 13.1 Å². The maximum atomic E-state index is 6.70. The third kappa shape index (κ3) is 33.0. The van der Waals surface area contributed by atoms with Crippen molar-refractivity contribution in [2.45, 2.75) is 317 Å². The maximum absolute atomic E-state index is 6.70. The molecule has 143 heavy (non-hydrogen) atoms. The van der Waals surface area contributed by atoms with Gasteiger partial charge in [-0.3, -0.25) is 0 Å². The van der Waals surface area contributed by atoms with Crippen molar-refractivity contribution in [3.05, 3.63) is 314 Å². The zero-order valence-electron chi connectivity index (χ0n) is 92.0. The molecule has 4 unspecified atom stereocenters. The number of benzene rings is 9. The summed E-state index contributed by atoms with van der Waals surface area (Å²) in [6.45, 7) is 43.0. The Morgan fingerprint density at radius 2 is 0.678 bits per heavy atom. The molecule has 0 amide bonds. The topological polar surface area (TPSA) is 18.8 Å². The second kappa shape index (κ2) is 65.0. The van der Waals surface area contributed by atoms with Crippen LogP contribution in [0.3, 0.4) is 0 Å². The summed E-state index contributed by atoms with van der Waals surface area (Å²) in [5, 5.41) is 8.02. The summed E-state index contributed by atoms with van der Waals surface area (Å²) in [7, 11) is 0. The van der Waals surface area contributed by atoms with Crippen LogP contribution < -0.4 is 14.7 Å². The van der Waals surface area contributed by atoms with E-state index in [1.807, 2.05) is 0 Å². The molecule has 3 heterocycles. The summed E-state index contributed by atoms with van der Waals surface area (Å²) < 4.78 is 8.98.